The van der Waals surface area contributed by atoms with E-state index in [9.17, 15) is 14.7 Å². The summed E-state index contributed by atoms with van der Waals surface area (Å²) in [4.78, 5) is 27.9. The van der Waals surface area contributed by atoms with Crippen molar-refractivity contribution >= 4 is 22.9 Å². The van der Waals surface area contributed by atoms with Crippen LogP contribution in [0.25, 0.3) is 10.9 Å². The molecule has 0 aliphatic rings. The highest BCUT2D eigenvalue weighted by atomic mass is 16.4. The molecule has 3 rings (SSSR count). The fourth-order valence-corrected chi connectivity index (χ4v) is 2.54. The molecule has 0 saturated heterocycles. The Morgan fingerprint density at radius 2 is 1.96 bits per heavy atom. The summed E-state index contributed by atoms with van der Waals surface area (Å²) >= 11 is 0. The molecule has 24 heavy (non-hydrogen) atoms. The minimum atomic E-state index is -1.05. The average molecular weight is 324 g/mol. The van der Waals surface area contributed by atoms with Gasteiger partial charge in [-0.15, -0.1) is 0 Å². The smallest absolute Gasteiger partial charge is 0.348 e. The molecule has 0 aliphatic carbocycles. The lowest BCUT2D eigenvalue weighted by atomic mass is 10.1. The van der Waals surface area contributed by atoms with E-state index in [0.29, 0.717) is 10.9 Å². The highest BCUT2D eigenvalue weighted by molar-refractivity contribution is 5.82. The van der Waals surface area contributed by atoms with Crippen molar-refractivity contribution in [2.24, 2.45) is 0 Å². The van der Waals surface area contributed by atoms with Crippen LogP contribution in [0.15, 0.2) is 57.7 Å². The summed E-state index contributed by atoms with van der Waals surface area (Å²) in [6, 6.07) is 13.4. The predicted molar refractivity (Wildman–Crippen MR) is 90.2 cm³/mol. The van der Waals surface area contributed by atoms with Gasteiger partial charge in [-0.1, -0.05) is 42.5 Å². The summed E-state index contributed by atoms with van der Waals surface area (Å²) in [5.41, 5.74) is 1.55. The van der Waals surface area contributed by atoms with Gasteiger partial charge in [0.1, 0.15) is 6.04 Å². The minimum Gasteiger partial charge on any atom is -0.480 e. The third kappa shape index (κ3) is 3.27. The molecule has 0 bridgehead atoms. The highest BCUT2D eigenvalue weighted by Crippen LogP contribution is 2.16. The lowest BCUT2D eigenvalue weighted by molar-refractivity contribution is -0.137. The van der Waals surface area contributed by atoms with E-state index in [-0.39, 0.29) is 12.4 Å². The van der Waals surface area contributed by atoms with Gasteiger partial charge in [0.2, 0.25) is 0 Å². The highest BCUT2D eigenvalue weighted by Gasteiger charge is 2.20. The van der Waals surface area contributed by atoms with Crippen LogP contribution in [0.3, 0.4) is 0 Å². The molecule has 122 valence electrons. The Morgan fingerprint density at radius 3 is 2.67 bits per heavy atom. The van der Waals surface area contributed by atoms with Crippen LogP contribution in [0.2, 0.25) is 0 Å². The number of aromatic nitrogens is 1. The molecule has 2 N–H and O–H groups in total. The number of nitrogens with one attached hydrogen (secondary N) is 1. The molecular formula is C18H16N2O4. The zero-order chi connectivity index (χ0) is 17.1. The van der Waals surface area contributed by atoms with E-state index in [0.717, 1.165) is 11.1 Å². The van der Waals surface area contributed by atoms with E-state index in [4.69, 9.17) is 4.42 Å². The largest absolute Gasteiger partial charge is 0.480 e. The molecule has 6 heteroatoms. The number of nitrogens with zero attached hydrogens (tertiary/aromatic N) is 1. The molecular weight excluding hydrogens is 308 g/mol. The van der Waals surface area contributed by atoms with E-state index in [2.05, 4.69) is 10.3 Å². The van der Waals surface area contributed by atoms with Gasteiger partial charge in [-0.25, -0.2) is 9.59 Å². The first-order valence-corrected chi connectivity index (χ1v) is 7.48. The standard InChI is InChI=1S/C18H16N2O4/c1-11-6-5-9-13-15(11)17(23)24-18(19-13)20-14(16(21)22)10-12-7-3-2-4-8-12/h2-9,14H,10H2,1H3,(H,19,20)(H,21,22)/t14-/m0/s1. The van der Waals surface area contributed by atoms with Gasteiger partial charge in [-0.2, -0.15) is 4.98 Å². The second-order valence-electron chi connectivity index (χ2n) is 5.50. The maximum absolute atomic E-state index is 12.1. The summed E-state index contributed by atoms with van der Waals surface area (Å²) in [5.74, 6) is -1.05. The number of aryl methyl sites for hydroxylation is 1. The monoisotopic (exact) mass is 324 g/mol. The minimum absolute atomic E-state index is 0.0959. The van der Waals surface area contributed by atoms with Crippen molar-refractivity contribution in [2.75, 3.05) is 5.32 Å². The first-order valence-electron chi connectivity index (χ1n) is 7.48. The fraction of sp³-hybridized carbons (Fsp3) is 0.167. The molecule has 0 saturated carbocycles. The van der Waals surface area contributed by atoms with Crippen LogP contribution in [0.4, 0.5) is 6.01 Å². The van der Waals surface area contributed by atoms with Crippen LogP contribution in [0.1, 0.15) is 11.1 Å². The number of rotatable bonds is 5. The van der Waals surface area contributed by atoms with Gasteiger partial charge in [-0.05, 0) is 24.1 Å². The molecule has 2 aromatic carbocycles. The van der Waals surface area contributed by atoms with Crippen molar-refractivity contribution in [3.05, 3.63) is 70.1 Å². The number of hydrogen-bond donors (Lipinski definition) is 2. The van der Waals surface area contributed by atoms with Gasteiger partial charge in [0.15, 0.2) is 0 Å². The SMILES string of the molecule is Cc1cccc2nc(N[C@@H](Cc3ccccc3)C(=O)O)oc(=O)c12. The topological polar surface area (TPSA) is 92.4 Å². The predicted octanol–water partition coefficient (Wildman–Crippen LogP) is 2.60. The van der Waals surface area contributed by atoms with Crippen LogP contribution >= 0.6 is 0 Å². The van der Waals surface area contributed by atoms with Crippen LogP contribution < -0.4 is 10.9 Å². The van der Waals surface area contributed by atoms with E-state index >= 15 is 0 Å². The summed E-state index contributed by atoms with van der Waals surface area (Å²) in [5, 5.41) is 12.5. The second kappa shape index (κ2) is 6.54. The molecule has 0 aliphatic heterocycles. The molecule has 0 fully saturated rings. The summed E-state index contributed by atoms with van der Waals surface area (Å²) in [6.45, 7) is 1.80. The Hall–Kier alpha value is -3.15. The maximum atomic E-state index is 12.1. The Balaban J connectivity index is 1.92. The molecule has 0 radical (unpaired) electrons. The van der Waals surface area contributed by atoms with Gasteiger partial charge < -0.3 is 14.8 Å². The first-order chi connectivity index (χ1) is 11.5. The second-order valence-corrected chi connectivity index (χ2v) is 5.50. The molecule has 0 amide bonds. The zero-order valence-corrected chi connectivity index (χ0v) is 13.0. The van der Waals surface area contributed by atoms with Crippen LogP contribution in [-0.4, -0.2) is 22.1 Å². The quantitative estimate of drug-likeness (QED) is 0.749. The van der Waals surface area contributed by atoms with E-state index in [1.165, 1.54) is 0 Å². The number of carbonyl (C=O) groups is 1. The molecule has 1 atom stereocenters. The van der Waals surface area contributed by atoms with E-state index in [1.54, 1.807) is 25.1 Å². The van der Waals surface area contributed by atoms with Gasteiger partial charge in [0.25, 0.3) is 6.01 Å². The maximum Gasteiger partial charge on any atom is 0.348 e. The molecule has 1 aromatic heterocycles. The van der Waals surface area contributed by atoms with Crippen molar-refractivity contribution in [3.63, 3.8) is 0 Å². The molecule has 0 unspecified atom stereocenters. The average Bonchev–Trinajstić information content (AvgIpc) is 2.55. The Morgan fingerprint density at radius 1 is 1.21 bits per heavy atom. The van der Waals surface area contributed by atoms with Crippen molar-refractivity contribution in [1.82, 2.24) is 4.98 Å². The van der Waals surface area contributed by atoms with Crippen LogP contribution in [0.5, 0.6) is 0 Å². The van der Waals surface area contributed by atoms with Crippen molar-refractivity contribution in [1.29, 1.82) is 0 Å². The number of fused-ring (bicyclic) bond motifs is 1. The Labute approximate surface area is 137 Å². The van der Waals surface area contributed by atoms with Crippen LogP contribution in [0, 0.1) is 6.92 Å². The molecule has 3 aromatic rings. The Kier molecular flexibility index (Phi) is 4.29. The first kappa shape index (κ1) is 15.7. The molecule has 1 heterocycles. The lowest BCUT2D eigenvalue weighted by Gasteiger charge is -2.14. The van der Waals surface area contributed by atoms with Crippen molar-refractivity contribution < 1.29 is 14.3 Å². The van der Waals surface area contributed by atoms with E-state index < -0.39 is 17.6 Å². The normalized spacial score (nSPS) is 12.0. The number of carboxylic acid groups (broad SMARTS) is 1. The molecule has 6 nitrogen and oxygen atoms in total. The number of hydrogen-bond acceptors (Lipinski definition) is 5. The number of benzene rings is 2. The zero-order valence-electron chi connectivity index (χ0n) is 13.0. The lowest BCUT2D eigenvalue weighted by Crippen LogP contribution is -2.32. The fourth-order valence-electron chi connectivity index (χ4n) is 2.54. The Bertz CT molecular complexity index is 935. The van der Waals surface area contributed by atoms with E-state index in [1.807, 2.05) is 30.3 Å². The third-order valence-corrected chi connectivity index (χ3v) is 3.74. The number of carboxylic acids is 1. The van der Waals surface area contributed by atoms with Gasteiger partial charge in [0, 0.05) is 6.42 Å². The summed E-state index contributed by atoms with van der Waals surface area (Å²) < 4.78 is 5.15. The van der Waals surface area contributed by atoms with Crippen molar-refractivity contribution in [2.45, 2.75) is 19.4 Å². The van der Waals surface area contributed by atoms with Crippen LogP contribution in [-0.2, 0) is 11.2 Å². The summed E-state index contributed by atoms with van der Waals surface area (Å²) in [7, 11) is 0. The van der Waals surface area contributed by atoms with Gasteiger partial charge in [0.05, 0.1) is 10.9 Å². The molecule has 0 spiro atoms. The third-order valence-electron chi connectivity index (χ3n) is 3.74. The number of anilines is 1. The van der Waals surface area contributed by atoms with Gasteiger partial charge in [-0.3, -0.25) is 0 Å². The van der Waals surface area contributed by atoms with Crippen molar-refractivity contribution in [3.8, 4) is 0 Å². The number of aliphatic carboxylic acids is 1. The van der Waals surface area contributed by atoms with Gasteiger partial charge >= 0.3 is 11.6 Å². The summed E-state index contributed by atoms with van der Waals surface area (Å²) in [6.07, 6.45) is 0.243.